The van der Waals surface area contributed by atoms with Crippen molar-refractivity contribution in [2.75, 3.05) is 19.8 Å². The molecule has 1 fully saturated rings. The van der Waals surface area contributed by atoms with Gasteiger partial charge in [-0.1, -0.05) is 13.8 Å². The quantitative estimate of drug-likeness (QED) is 0.710. The molecule has 0 aliphatic carbocycles. The minimum absolute atomic E-state index is 0.0912. The van der Waals surface area contributed by atoms with Crippen LogP contribution >= 0.6 is 0 Å². The van der Waals surface area contributed by atoms with Gasteiger partial charge >= 0.3 is 0 Å². The fraction of sp³-hybridized carbons (Fsp3) is 0.900. The van der Waals surface area contributed by atoms with Crippen molar-refractivity contribution in [2.45, 2.75) is 26.7 Å². The van der Waals surface area contributed by atoms with Crippen LogP contribution in [0.1, 0.15) is 26.7 Å². The van der Waals surface area contributed by atoms with Gasteiger partial charge in [0.05, 0.1) is 6.61 Å². The van der Waals surface area contributed by atoms with Gasteiger partial charge in [0.2, 0.25) is 0 Å². The van der Waals surface area contributed by atoms with Crippen LogP contribution in [0.2, 0.25) is 0 Å². The van der Waals surface area contributed by atoms with E-state index in [4.69, 9.17) is 10.5 Å². The van der Waals surface area contributed by atoms with Crippen molar-refractivity contribution in [1.29, 1.82) is 0 Å². The Morgan fingerprint density at radius 1 is 1.69 bits per heavy atom. The molecule has 2 atom stereocenters. The predicted molar refractivity (Wildman–Crippen MR) is 51.4 cm³/mol. The molecule has 3 nitrogen and oxygen atoms in total. The van der Waals surface area contributed by atoms with Crippen LogP contribution in [-0.4, -0.2) is 25.5 Å². The summed E-state index contributed by atoms with van der Waals surface area (Å²) < 4.78 is 5.20. The topological polar surface area (TPSA) is 52.3 Å². The molecule has 0 aromatic rings. The van der Waals surface area contributed by atoms with Gasteiger partial charge in [0.1, 0.15) is 5.78 Å². The summed E-state index contributed by atoms with van der Waals surface area (Å²) >= 11 is 0. The Balaban J connectivity index is 2.63. The van der Waals surface area contributed by atoms with Crippen LogP contribution in [0.15, 0.2) is 0 Å². The lowest BCUT2D eigenvalue weighted by atomic mass is 9.77. The predicted octanol–water partition coefficient (Wildman–Crippen LogP) is 0.967. The number of carbonyl (C=O) groups is 1. The van der Waals surface area contributed by atoms with Crippen molar-refractivity contribution >= 4 is 5.78 Å². The summed E-state index contributed by atoms with van der Waals surface area (Å²) in [6.07, 6.45) is 1.69. The average Bonchev–Trinajstić information content (AvgIpc) is 2.68. The van der Waals surface area contributed by atoms with E-state index in [0.29, 0.717) is 13.2 Å². The number of carbonyl (C=O) groups excluding carboxylic acids is 1. The monoisotopic (exact) mass is 185 g/mol. The molecule has 3 heteroatoms. The Hall–Kier alpha value is -0.410. The first-order valence-electron chi connectivity index (χ1n) is 4.96. The number of ether oxygens (including phenoxy) is 1. The summed E-state index contributed by atoms with van der Waals surface area (Å²) in [5.41, 5.74) is 5.29. The minimum Gasteiger partial charge on any atom is -0.381 e. The van der Waals surface area contributed by atoms with Crippen molar-refractivity contribution in [3.05, 3.63) is 0 Å². The van der Waals surface area contributed by atoms with Gasteiger partial charge in [-0.2, -0.15) is 0 Å². The van der Waals surface area contributed by atoms with Crippen LogP contribution in [-0.2, 0) is 9.53 Å². The number of ketones is 1. The molecule has 2 N–H and O–H groups in total. The second-order valence-electron chi connectivity index (χ2n) is 4.04. The molecule has 0 aromatic carbocycles. The summed E-state index contributed by atoms with van der Waals surface area (Å²) in [7, 11) is 0. The molecule has 1 rings (SSSR count). The van der Waals surface area contributed by atoms with E-state index in [1.54, 1.807) is 0 Å². The molecule has 0 radical (unpaired) electrons. The number of hydrogen-bond donors (Lipinski definition) is 1. The summed E-state index contributed by atoms with van der Waals surface area (Å²) in [5, 5.41) is 0. The fourth-order valence-electron chi connectivity index (χ4n) is 1.65. The summed E-state index contributed by atoms with van der Waals surface area (Å²) in [6.45, 7) is 5.72. The lowest BCUT2D eigenvalue weighted by molar-refractivity contribution is -0.131. The van der Waals surface area contributed by atoms with Gasteiger partial charge in [-0.3, -0.25) is 4.79 Å². The van der Waals surface area contributed by atoms with Gasteiger partial charge in [0.25, 0.3) is 0 Å². The molecular weight excluding hydrogens is 166 g/mol. The lowest BCUT2D eigenvalue weighted by Crippen LogP contribution is -2.39. The van der Waals surface area contributed by atoms with Crippen molar-refractivity contribution in [2.24, 2.45) is 17.1 Å². The summed E-state index contributed by atoms with van der Waals surface area (Å²) in [4.78, 5) is 12.0. The molecule has 1 saturated heterocycles. The van der Waals surface area contributed by atoms with Gasteiger partial charge in [0.15, 0.2) is 0 Å². The third kappa shape index (κ3) is 2.09. The molecule has 0 spiro atoms. The Kier molecular flexibility index (Phi) is 3.45. The van der Waals surface area contributed by atoms with Crippen LogP contribution < -0.4 is 5.73 Å². The zero-order chi connectivity index (χ0) is 9.90. The molecule has 1 heterocycles. The van der Waals surface area contributed by atoms with E-state index < -0.39 is 0 Å². The third-order valence-electron chi connectivity index (χ3n) is 3.13. The van der Waals surface area contributed by atoms with E-state index >= 15 is 0 Å². The summed E-state index contributed by atoms with van der Waals surface area (Å²) in [5.74, 6) is 0.378. The molecule has 0 bridgehead atoms. The van der Waals surface area contributed by atoms with Crippen LogP contribution in [0.4, 0.5) is 0 Å². The van der Waals surface area contributed by atoms with Gasteiger partial charge in [-0.15, -0.1) is 0 Å². The molecular formula is C10H19NO2. The molecule has 2 unspecified atom stereocenters. The van der Waals surface area contributed by atoms with Crippen molar-refractivity contribution in [1.82, 2.24) is 0 Å². The van der Waals surface area contributed by atoms with E-state index in [1.165, 1.54) is 0 Å². The Bertz CT molecular complexity index is 181. The van der Waals surface area contributed by atoms with Gasteiger partial charge < -0.3 is 10.5 Å². The minimum atomic E-state index is -0.335. The van der Waals surface area contributed by atoms with E-state index in [2.05, 4.69) is 0 Å². The first-order valence-corrected chi connectivity index (χ1v) is 4.96. The van der Waals surface area contributed by atoms with E-state index in [-0.39, 0.29) is 17.1 Å². The van der Waals surface area contributed by atoms with Crippen LogP contribution in [0.5, 0.6) is 0 Å². The highest BCUT2D eigenvalue weighted by atomic mass is 16.5. The SMILES string of the molecule is CCC(C)(CN)C(=O)C1CCOC1. The zero-order valence-corrected chi connectivity index (χ0v) is 8.51. The van der Waals surface area contributed by atoms with E-state index in [9.17, 15) is 4.79 Å². The Morgan fingerprint density at radius 3 is 2.77 bits per heavy atom. The fourth-order valence-corrected chi connectivity index (χ4v) is 1.65. The number of hydrogen-bond acceptors (Lipinski definition) is 3. The van der Waals surface area contributed by atoms with Gasteiger partial charge in [-0.25, -0.2) is 0 Å². The molecule has 1 aliphatic rings. The highest BCUT2D eigenvalue weighted by Crippen LogP contribution is 2.28. The van der Waals surface area contributed by atoms with Crippen LogP contribution in [0.3, 0.4) is 0 Å². The second-order valence-corrected chi connectivity index (χ2v) is 4.04. The smallest absolute Gasteiger partial charge is 0.145 e. The third-order valence-corrected chi connectivity index (χ3v) is 3.13. The average molecular weight is 185 g/mol. The van der Waals surface area contributed by atoms with Crippen LogP contribution in [0, 0.1) is 11.3 Å². The first-order chi connectivity index (χ1) is 6.14. The number of nitrogens with two attached hydrogens (primary N) is 1. The maximum Gasteiger partial charge on any atom is 0.145 e. The Morgan fingerprint density at radius 2 is 2.38 bits per heavy atom. The largest absolute Gasteiger partial charge is 0.381 e. The van der Waals surface area contributed by atoms with E-state index in [1.807, 2.05) is 13.8 Å². The molecule has 76 valence electrons. The maximum atomic E-state index is 12.0. The number of rotatable bonds is 4. The van der Waals surface area contributed by atoms with E-state index in [0.717, 1.165) is 19.4 Å². The molecule has 0 aromatic heterocycles. The first kappa shape index (κ1) is 10.7. The second kappa shape index (κ2) is 4.20. The molecule has 0 saturated carbocycles. The highest BCUT2D eigenvalue weighted by molar-refractivity contribution is 5.87. The normalized spacial score (nSPS) is 27.2. The highest BCUT2D eigenvalue weighted by Gasteiger charge is 2.36. The van der Waals surface area contributed by atoms with Crippen LogP contribution in [0.25, 0.3) is 0 Å². The van der Waals surface area contributed by atoms with Crippen molar-refractivity contribution in [3.8, 4) is 0 Å². The molecule has 13 heavy (non-hydrogen) atoms. The zero-order valence-electron chi connectivity index (χ0n) is 8.51. The Labute approximate surface area is 79.6 Å². The van der Waals surface area contributed by atoms with Crippen molar-refractivity contribution < 1.29 is 9.53 Å². The standard InChI is InChI=1S/C10H19NO2/c1-3-10(2,7-11)9(12)8-4-5-13-6-8/h8H,3-7,11H2,1-2H3. The molecule has 1 aliphatic heterocycles. The maximum absolute atomic E-state index is 12.0. The molecule has 0 amide bonds. The number of Topliss-reactive ketones (excluding diaryl/α,β-unsaturated/α-hetero) is 1. The van der Waals surface area contributed by atoms with Gasteiger partial charge in [0, 0.05) is 24.5 Å². The summed E-state index contributed by atoms with van der Waals surface area (Å²) in [6, 6.07) is 0. The van der Waals surface area contributed by atoms with Crippen molar-refractivity contribution in [3.63, 3.8) is 0 Å². The van der Waals surface area contributed by atoms with Gasteiger partial charge in [-0.05, 0) is 12.8 Å². The lowest BCUT2D eigenvalue weighted by Gasteiger charge is -2.27.